The average molecular weight is 279 g/mol. The van der Waals surface area contributed by atoms with Crippen molar-refractivity contribution in [3.63, 3.8) is 0 Å². The summed E-state index contributed by atoms with van der Waals surface area (Å²) in [7, 11) is 0. The third-order valence-electron chi connectivity index (χ3n) is 2.33. The molecule has 0 unspecified atom stereocenters. The van der Waals surface area contributed by atoms with Crippen LogP contribution in [0, 0.1) is 0 Å². The zero-order chi connectivity index (χ0) is 14.8. The molecule has 0 radical (unpaired) electrons. The number of nitrogens with one attached hydrogen (secondary N) is 1. The molecule has 1 aromatic rings. The Labute approximate surface area is 119 Å². The summed E-state index contributed by atoms with van der Waals surface area (Å²) in [5, 5.41) is 6.37. The summed E-state index contributed by atoms with van der Waals surface area (Å²) in [6.45, 7) is 5.44. The smallest absolute Gasteiger partial charge is 0.256 e. The van der Waals surface area contributed by atoms with Crippen LogP contribution in [0.5, 0.6) is 11.5 Å². The van der Waals surface area contributed by atoms with Crippen LogP contribution >= 0.6 is 0 Å². The zero-order valence-electron chi connectivity index (χ0n) is 12.1. The van der Waals surface area contributed by atoms with Crippen LogP contribution < -0.4 is 26.0 Å². The van der Waals surface area contributed by atoms with Crippen molar-refractivity contribution >= 4 is 12.2 Å². The zero-order valence-corrected chi connectivity index (χ0v) is 12.1. The predicted molar refractivity (Wildman–Crippen MR) is 80.0 cm³/mol. The van der Waals surface area contributed by atoms with E-state index in [1.807, 2.05) is 18.2 Å². The molecule has 0 aliphatic heterocycles. The second-order valence-corrected chi connectivity index (χ2v) is 4.21. The highest BCUT2D eigenvalue weighted by Gasteiger charge is 2.06. The number of hydrazone groups is 1. The molecule has 1 rings (SSSR count). The summed E-state index contributed by atoms with van der Waals surface area (Å²) in [4.78, 5) is 0. The van der Waals surface area contributed by atoms with E-state index >= 15 is 0 Å². The molecule has 0 saturated carbocycles. The van der Waals surface area contributed by atoms with Crippen molar-refractivity contribution in [1.29, 1.82) is 0 Å². The Balaban J connectivity index is 2.90. The van der Waals surface area contributed by atoms with E-state index in [1.54, 1.807) is 6.21 Å². The summed E-state index contributed by atoms with van der Waals surface area (Å²) >= 11 is 0. The first-order valence-corrected chi connectivity index (χ1v) is 6.74. The number of benzene rings is 1. The molecule has 0 aromatic heterocycles. The van der Waals surface area contributed by atoms with Gasteiger partial charge in [-0.2, -0.15) is 0 Å². The van der Waals surface area contributed by atoms with E-state index < -0.39 is 0 Å². The number of guanidine groups is 1. The molecule has 6 nitrogen and oxygen atoms in total. The lowest BCUT2D eigenvalue weighted by Gasteiger charge is -2.10. The third kappa shape index (κ3) is 5.60. The van der Waals surface area contributed by atoms with Crippen LogP contribution in [0.15, 0.2) is 23.3 Å². The van der Waals surface area contributed by atoms with Crippen LogP contribution in [0.3, 0.4) is 0 Å². The third-order valence-corrected chi connectivity index (χ3v) is 2.33. The molecule has 0 spiro atoms. The molecule has 0 saturated heterocycles. The van der Waals surface area contributed by atoms with Crippen molar-refractivity contribution in [2.45, 2.75) is 26.7 Å². The van der Waals surface area contributed by atoms with E-state index in [0.29, 0.717) is 13.2 Å². The minimum Gasteiger partial charge on any atom is -0.493 e. The van der Waals surface area contributed by atoms with Crippen molar-refractivity contribution in [2.75, 3.05) is 13.2 Å². The summed E-state index contributed by atoms with van der Waals surface area (Å²) in [6, 6.07) is 5.65. The van der Waals surface area contributed by atoms with Gasteiger partial charge in [0, 0.05) is 11.2 Å². The van der Waals surface area contributed by atoms with Crippen molar-refractivity contribution < 1.29 is 14.6 Å². The fraction of sp³-hybridized carbons (Fsp3) is 0.429. The number of rotatable bonds is 8. The maximum Gasteiger partial charge on any atom is 0.256 e. The molecular formula is C14H23N4O2+. The first kappa shape index (κ1) is 15.8. The Hall–Kier alpha value is -2.24. The van der Waals surface area contributed by atoms with Crippen molar-refractivity contribution in [3.8, 4) is 11.5 Å². The van der Waals surface area contributed by atoms with Gasteiger partial charge in [-0.05, 0) is 25.0 Å². The van der Waals surface area contributed by atoms with Gasteiger partial charge in [-0.15, -0.1) is 5.10 Å². The Morgan fingerprint density at radius 1 is 1.20 bits per heavy atom. The molecule has 6 heteroatoms. The minimum atomic E-state index is -0.0276. The maximum atomic E-state index is 5.70. The van der Waals surface area contributed by atoms with E-state index in [9.17, 15) is 0 Å². The summed E-state index contributed by atoms with van der Waals surface area (Å²) in [5.74, 6) is 1.50. The summed E-state index contributed by atoms with van der Waals surface area (Å²) < 4.78 is 11.3. The normalized spacial score (nSPS) is 10.5. The SMILES string of the molecule is CCCOc1ccc(/C=[NH+]\N=C(N)N)c(OCCC)c1. The van der Waals surface area contributed by atoms with Crippen LogP contribution in [-0.2, 0) is 0 Å². The molecule has 0 atom stereocenters. The van der Waals surface area contributed by atoms with Gasteiger partial charge in [0.2, 0.25) is 6.21 Å². The van der Waals surface area contributed by atoms with Crippen molar-refractivity contribution in [2.24, 2.45) is 16.6 Å². The van der Waals surface area contributed by atoms with E-state index in [2.05, 4.69) is 24.1 Å². The van der Waals surface area contributed by atoms with Gasteiger partial charge in [0.1, 0.15) is 11.5 Å². The summed E-state index contributed by atoms with van der Waals surface area (Å²) in [6.07, 6.45) is 3.57. The molecule has 5 N–H and O–H groups in total. The predicted octanol–water partition coefficient (Wildman–Crippen LogP) is -0.0479. The highest BCUT2D eigenvalue weighted by atomic mass is 16.5. The Morgan fingerprint density at radius 2 is 1.90 bits per heavy atom. The van der Waals surface area contributed by atoms with Gasteiger partial charge >= 0.3 is 0 Å². The first-order valence-electron chi connectivity index (χ1n) is 6.74. The highest BCUT2D eigenvalue weighted by molar-refractivity contribution is 5.80. The van der Waals surface area contributed by atoms with Gasteiger partial charge in [-0.1, -0.05) is 13.8 Å². The number of hydrogen-bond acceptors (Lipinski definition) is 3. The molecule has 110 valence electrons. The van der Waals surface area contributed by atoms with Gasteiger partial charge in [-0.25, -0.2) is 0 Å². The molecule has 0 aliphatic rings. The molecular weight excluding hydrogens is 256 g/mol. The van der Waals surface area contributed by atoms with Crippen LogP contribution in [0.1, 0.15) is 32.3 Å². The Morgan fingerprint density at radius 3 is 2.55 bits per heavy atom. The average Bonchev–Trinajstić information content (AvgIpc) is 2.44. The van der Waals surface area contributed by atoms with Gasteiger partial charge in [0.15, 0.2) is 0 Å². The maximum absolute atomic E-state index is 5.70. The lowest BCUT2D eigenvalue weighted by atomic mass is 10.2. The lowest BCUT2D eigenvalue weighted by Crippen LogP contribution is -2.63. The quantitative estimate of drug-likeness (QED) is 0.353. The molecule has 0 heterocycles. The molecule has 0 aliphatic carbocycles. The highest BCUT2D eigenvalue weighted by Crippen LogP contribution is 2.23. The van der Waals surface area contributed by atoms with E-state index in [1.165, 1.54) is 0 Å². The first-order chi connectivity index (χ1) is 9.67. The van der Waals surface area contributed by atoms with E-state index in [-0.39, 0.29) is 5.96 Å². The molecule has 1 aromatic carbocycles. The molecule has 0 bridgehead atoms. The number of nitrogens with two attached hydrogens (primary N) is 2. The topological polar surface area (TPSA) is 96.8 Å². The van der Waals surface area contributed by atoms with Gasteiger partial charge in [-0.3, -0.25) is 0 Å². The Kier molecular flexibility index (Phi) is 6.95. The number of ether oxygens (including phenoxy) is 2. The second kappa shape index (κ2) is 8.79. The number of nitrogens with zero attached hydrogens (tertiary/aromatic N) is 1. The van der Waals surface area contributed by atoms with Crippen LogP contribution in [0.4, 0.5) is 0 Å². The molecule has 20 heavy (non-hydrogen) atoms. The van der Waals surface area contributed by atoms with Gasteiger partial charge < -0.3 is 20.9 Å². The van der Waals surface area contributed by atoms with Crippen molar-refractivity contribution in [1.82, 2.24) is 0 Å². The monoisotopic (exact) mass is 279 g/mol. The van der Waals surface area contributed by atoms with Crippen LogP contribution in [0.2, 0.25) is 0 Å². The van der Waals surface area contributed by atoms with Crippen LogP contribution in [-0.4, -0.2) is 25.4 Å². The standard InChI is InChI=1S/C14H22N4O2/c1-3-7-19-12-6-5-11(10-17-18-14(15)16)13(9-12)20-8-4-2/h5-6,9-10H,3-4,7-8H2,1-2H3,(H4,15,16,18)/p+1/b17-10-. The molecule has 0 fully saturated rings. The van der Waals surface area contributed by atoms with Gasteiger partial charge in [0.25, 0.3) is 5.96 Å². The lowest BCUT2D eigenvalue weighted by molar-refractivity contribution is -0.456. The fourth-order valence-electron chi connectivity index (χ4n) is 1.46. The second-order valence-electron chi connectivity index (χ2n) is 4.21. The van der Waals surface area contributed by atoms with E-state index in [0.717, 1.165) is 29.9 Å². The summed E-state index contributed by atoms with van der Waals surface area (Å²) in [5.41, 5.74) is 11.3. The molecule has 0 amide bonds. The van der Waals surface area contributed by atoms with E-state index in [4.69, 9.17) is 20.9 Å². The van der Waals surface area contributed by atoms with Crippen molar-refractivity contribution in [3.05, 3.63) is 23.8 Å². The van der Waals surface area contributed by atoms with Gasteiger partial charge in [0.05, 0.1) is 18.8 Å². The van der Waals surface area contributed by atoms with Crippen LogP contribution in [0.25, 0.3) is 0 Å². The minimum absolute atomic E-state index is 0.0276. The Bertz CT molecular complexity index is 468. The fourth-order valence-corrected chi connectivity index (χ4v) is 1.46. The number of hydrogen-bond donors (Lipinski definition) is 3. The largest absolute Gasteiger partial charge is 0.493 e.